The Labute approximate surface area is 155 Å². The van der Waals surface area contributed by atoms with Gasteiger partial charge in [-0.05, 0) is 67.2 Å². The standard InChI is InChI=1S/C20H31NO2Si2/c1-9-14-10-15-12-16(20(2,3)4)13-18(17(15)11-14)19(22)21-25(7,8)23-24(5)6/h10,12-13H,9,11H2,1-8H3. The van der Waals surface area contributed by atoms with Crippen LogP contribution in [0.2, 0.25) is 26.2 Å². The zero-order chi connectivity index (χ0) is 19.0. The number of amides is 1. The summed E-state index contributed by atoms with van der Waals surface area (Å²) < 4.78 is 6.03. The van der Waals surface area contributed by atoms with E-state index in [0.717, 1.165) is 24.0 Å². The first kappa shape index (κ1) is 20.1. The number of nitrogens with zero attached hydrogens (tertiary/aromatic N) is 1. The van der Waals surface area contributed by atoms with Crippen molar-refractivity contribution in [2.45, 2.75) is 72.1 Å². The third-order valence-electron chi connectivity index (χ3n) is 4.42. The van der Waals surface area contributed by atoms with Crippen LogP contribution in [0.25, 0.3) is 6.08 Å². The van der Waals surface area contributed by atoms with E-state index < -0.39 is 17.5 Å². The average molecular weight is 374 g/mol. The van der Waals surface area contributed by atoms with Gasteiger partial charge >= 0.3 is 8.48 Å². The van der Waals surface area contributed by atoms with E-state index >= 15 is 0 Å². The molecule has 1 aromatic rings. The van der Waals surface area contributed by atoms with Crippen LogP contribution in [0.1, 0.15) is 61.2 Å². The third kappa shape index (κ3) is 4.93. The Hall–Kier alpha value is -1.18. The average Bonchev–Trinajstić information content (AvgIpc) is 2.85. The molecule has 0 saturated heterocycles. The summed E-state index contributed by atoms with van der Waals surface area (Å²) >= 11 is 0. The normalized spacial score (nSPS) is 14.5. The van der Waals surface area contributed by atoms with Crippen molar-refractivity contribution >= 4 is 29.5 Å². The molecule has 25 heavy (non-hydrogen) atoms. The first-order valence-electron chi connectivity index (χ1n) is 9.06. The van der Waals surface area contributed by atoms with Crippen LogP contribution in [0.4, 0.5) is 0 Å². The summed E-state index contributed by atoms with van der Waals surface area (Å²) in [7, 11) is -3.20. The van der Waals surface area contributed by atoms with Gasteiger partial charge in [0.2, 0.25) is 0 Å². The molecule has 1 amide bonds. The highest BCUT2D eigenvalue weighted by Gasteiger charge is 2.32. The molecule has 0 saturated carbocycles. The minimum atomic E-state index is -2.33. The molecule has 0 atom stereocenters. The Bertz CT molecular complexity index is 700. The van der Waals surface area contributed by atoms with Crippen molar-refractivity contribution in [3.63, 3.8) is 0 Å². The number of benzene rings is 1. The van der Waals surface area contributed by atoms with Crippen LogP contribution in [0, 0.1) is 0 Å². The molecule has 2 radical (unpaired) electrons. The fraction of sp³-hybridized carbons (Fsp3) is 0.550. The van der Waals surface area contributed by atoms with Crippen molar-refractivity contribution in [3.05, 3.63) is 40.0 Å². The molecule has 3 nitrogen and oxygen atoms in total. The van der Waals surface area contributed by atoms with Gasteiger partial charge in [0.05, 0.1) is 0 Å². The summed E-state index contributed by atoms with van der Waals surface area (Å²) in [6.07, 6.45) is 4.14. The predicted octanol–water partition coefficient (Wildman–Crippen LogP) is 5.05. The summed E-state index contributed by atoms with van der Waals surface area (Å²) in [5, 5.41) is 0. The molecule has 0 aliphatic heterocycles. The SMILES string of the molecule is CCC1=Cc2cc(C(C)(C)C)cc(C(=O)[N][Si](C)(C)O[Si](C)C)c2C1. The largest absolute Gasteiger partial charge is 0.440 e. The maximum atomic E-state index is 13.1. The quantitative estimate of drug-likeness (QED) is 0.678. The summed E-state index contributed by atoms with van der Waals surface area (Å²) in [5.41, 5.74) is 5.68. The minimum Gasteiger partial charge on any atom is -0.440 e. The summed E-state index contributed by atoms with van der Waals surface area (Å²) in [6.45, 7) is 16.9. The van der Waals surface area contributed by atoms with E-state index in [9.17, 15) is 4.79 Å². The van der Waals surface area contributed by atoms with Crippen LogP contribution >= 0.6 is 0 Å². The van der Waals surface area contributed by atoms with E-state index in [-0.39, 0.29) is 11.3 Å². The molecule has 1 aromatic carbocycles. The number of hydrogen-bond acceptors (Lipinski definition) is 2. The van der Waals surface area contributed by atoms with Gasteiger partial charge in [0.15, 0.2) is 9.04 Å². The van der Waals surface area contributed by atoms with Crippen LogP contribution in [0.3, 0.4) is 0 Å². The van der Waals surface area contributed by atoms with Crippen LogP contribution < -0.4 is 4.98 Å². The monoisotopic (exact) mass is 373 g/mol. The number of carbonyl (C=O) groups excluding carboxylic acids is 1. The van der Waals surface area contributed by atoms with Gasteiger partial charge in [-0.25, -0.2) is 0 Å². The topological polar surface area (TPSA) is 40.4 Å². The van der Waals surface area contributed by atoms with Gasteiger partial charge in [0, 0.05) is 5.56 Å². The summed E-state index contributed by atoms with van der Waals surface area (Å²) in [4.78, 5) is 17.6. The van der Waals surface area contributed by atoms with Gasteiger partial charge in [0.25, 0.3) is 5.91 Å². The molecule has 0 fully saturated rings. The lowest BCUT2D eigenvalue weighted by Crippen LogP contribution is -2.48. The second kappa shape index (κ2) is 7.21. The zero-order valence-electron chi connectivity index (χ0n) is 16.9. The molecular weight excluding hydrogens is 342 g/mol. The first-order valence-corrected chi connectivity index (χ1v) is 14.3. The second-order valence-electron chi connectivity index (χ2n) is 8.55. The molecule has 1 aliphatic rings. The van der Waals surface area contributed by atoms with E-state index in [0.29, 0.717) is 0 Å². The van der Waals surface area contributed by atoms with Crippen LogP contribution in [-0.4, -0.2) is 23.4 Å². The lowest BCUT2D eigenvalue weighted by molar-refractivity contribution is 0.0969. The Balaban J connectivity index is 2.42. The predicted molar refractivity (Wildman–Crippen MR) is 110 cm³/mol. The highest BCUT2D eigenvalue weighted by atomic mass is 28.4. The number of hydrogen-bond donors (Lipinski definition) is 0. The van der Waals surface area contributed by atoms with Crippen LogP contribution in [0.15, 0.2) is 17.7 Å². The lowest BCUT2D eigenvalue weighted by atomic mass is 9.83. The highest BCUT2D eigenvalue weighted by molar-refractivity contribution is 6.77. The van der Waals surface area contributed by atoms with E-state index in [1.54, 1.807) is 0 Å². The lowest BCUT2D eigenvalue weighted by Gasteiger charge is -2.25. The van der Waals surface area contributed by atoms with Gasteiger partial charge in [-0.15, -0.1) is 0 Å². The van der Waals surface area contributed by atoms with Gasteiger partial charge in [-0.1, -0.05) is 45.4 Å². The molecule has 2 rings (SSSR count). The summed E-state index contributed by atoms with van der Waals surface area (Å²) in [5.74, 6) is -0.104. The van der Waals surface area contributed by atoms with Crippen molar-refractivity contribution in [2.75, 3.05) is 0 Å². The molecule has 0 unspecified atom stereocenters. The van der Waals surface area contributed by atoms with E-state index in [2.05, 4.69) is 64.0 Å². The zero-order valence-corrected chi connectivity index (χ0v) is 18.9. The Morgan fingerprint density at radius 1 is 1.28 bits per heavy atom. The van der Waals surface area contributed by atoms with E-state index in [1.807, 2.05) is 13.1 Å². The van der Waals surface area contributed by atoms with Gasteiger partial charge < -0.3 is 4.12 Å². The smallest absolute Gasteiger partial charge is 0.307 e. The van der Waals surface area contributed by atoms with Crippen molar-refractivity contribution < 1.29 is 8.91 Å². The Morgan fingerprint density at radius 3 is 2.44 bits per heavy atom. The fourth-order valence-corrected chi connectivity index (χ4v) is 7.98. The molecule has 0 spiro atoms. The molecular formula is C20H31NO2Si2. The van der Waals surface area contributed by atoms with Crippen molar-refractivity contribution in [3.8, 4) is 0 Å². The second-order valence-corrected chi connectivity index (χ2v) is 14.3. The molecule has 0 heterocycles. The van der Waals surface area contributed by atoms with E-state index in [1.165, 1.54) is 16.7 Å². The molecule has 0 aromatic heterocycles. The number of rotatable bonds is 5. The van der Waals surface area contributed by atoms with Gasteiger partial charge in [-0.2, -0.15) is 0 Å². The molecule has 0 N–H and O–H groups in total. The number of allylic oxidation sites excluding steroid dienone is 1. The number of fused-ring (bicyclic) bond motifs is 1. The minimum absolute atomic E-state index is 0.000678. The van der Waals surface area contributed by atoms with Crippen LogP contribution in [-0.2, 0) is 16.0 Å². The highest BCUT2D eigenvalue weighted by Crippen LogP contribution is 2.34. The molecule has 5 heteroatoms. The third-order valence-corrected chi connectivity index (χ3v) is 8.80. The molecule has 1 aliphatic carbocycles. The van der Waals surface area contributed by atoms with Crippen molar-refractivity contribution in [1.29, 1.82) is 0 Å². The van der Waals surface area contributed by atoms with Crippen molar-refractivity contribution in [1.82, 2.24) is 4.98 Å². The summed E-state index contributed by atoms with van der Waals surface area (Å²) in [6, 6.07) is 4.30. The Morgan fingerprint density at radius 2 is 1.92 bits per heavy atom. The van der Waals surface area contributed by atoms with Crippen LogP contribution in [0.5, 0.6) is 0 Å². The Kier molecular flexibility index (Phi) is 5.81. The first-order chi connectivity index (χ1) is 11.4. The fourth-order valence-electron chi connectivity index (χ4n) is 3.20. The van der Waals surface area contributed by atoms with E-state index in [4.69, 9.17) is 4.12 Å². The van der Waals surface area contributed by atoms with Gasteiger partial charge in [-0.3, -0.25) is 9.78 Å². The van der Waals surface area contributed by atoms with Gasteiger partial charge in [0.1, 0.15) is 0 Å². The molecule has 0 bridgehead atoms. The maximum Gasteiger partial charge on any atom is 0.307 e. The van der Waals surface area contributed by atoms with Crippen molar-refractivity contribution in [2.24, 2.45) is 0 Å². The maximum absolute atomic E-state index is 13.1. The molecule has 136 valence electrons. The number of carbonyl (C=O) groups is 1.